The van der Waals surface area contributed by atoms with Crippen LogP contribution in [-0.4, -0.2) is 59.8 Å². The molecule has 1 aromatic heterocycles. The van der Waals surface area contributed by atoms with Gasteiger partial charge in [0, 0.05) is 17.7 Å². The van der Waals surface area contributed by atoms with Crippen molar-refractivity contribution in [2.45, 2.75) is 66.5 Å². The average molecular weight is 406 g/mol. The van der Waals surface area contributed by atoms with Crippen molar-refractivity contribution in [2.75, 3.05) is 20.2 Å². The predicted molar refractivity (Wildman–Crippen MR) is 112 cm³/mol. The molecule has 1 amide bonds. The first-order chi connectivity index (χ1) is 13.6. The second kappa shape index (κ2) is 9.57. The minimum Gasteiger partial charge on any atom is -0.465 e. The number of ether oxygens (including phenoxy) is 1. The SMILES string of the molecule is COC(=O)c1c(C)[nH]c(C(=O)C(C)N2CCC(C(=O)NC(C)C(C)C)CC2)c1C. The number of Topliss-reactive ketones (excluding diaryl/α,β-unsaturated/α-hetero) is 1. The fourth-order valence-electron chi connectivity index (χ4n) is 3.84. The van der Waals surface area contributed by atoms with Crippen molar-refractivity contribution in [1.82, 2.24) is 15.2 Å². The molecule has 29 heavy (non-hydrogen) atoms. The summed E-state index contributed by atoms with van der Waals surface area (Å²) < 4.78 is 4.83. The third-order valence-electron chi connectivity index (χ3n) is 6.27. The lowest BCUT2D eigenvalue weighted by molar-refractivity contribution is -0.127. The molecule has 0 aliphatic carbocycles. The van der Waals surface area contributed by atoms with Crippen LogP contribution in [0.4, 0.5) is 0 Å². The predicted octanol–water partition coefficient (Wildman–Crippen LogP) is 2.86. The Kier molecular flexibility index (Phi) is 7.63. The lowest BCUT2D eigenvalue weighted by atomic mass is 9.93. The molecule has 1 fully saturated rings. The minimum atomic E-state index is -0.439. The zero-order valence-electron chi connectivity index (χ0n) is 18.7. The second-order valence-corrected chi connectivity index (χ2v) is 8.51. The molecule has 1 aliphatic rings. The van der Waals surface area contributed by atoms with E-state index in [-0.39, 0.29) is 29.7 Å². The van der Waals surface area contributed by atoms with Crippen LogP contribution in [0.25, 0.3) is 0 Å². The maximum absolute atomic E-state index is 13.1. The van der Waals surface area contributed by atoms with Gasteiger partial charge < -0.3 is 15.0 Å². The number of carbonyl (C=O) groups is 3. The lowest BCUT2D eigenvalue weighted by Gasteiger charge is -2.35. The molecule has 1 aromatic rings. The van der Waals surface area contributed by atoms with Crippen LogP contribution in [0.1, 0.15) is 72.6 Å². The van der Waals surface area contributed by atoms with Crippen LogP contribution in [-0.2, 0) is 9.53 Å². The maximum Gasteiger partial charge on any atom is 0.339 e. The van der Waals surface area contributed by atoms with Crippen molar-refractivity contribution in [3.05, 3.63) is 22.5 Å². The number of likely N-dealkylation sites (tertiary alicyclic amines) is 1. The van der Waals surface area contributed by atoms with E-state index in [0.717, 1.165) is 12.8 Å². The summed E-state index contributed by atoms with van der Waals surface area (Å²) in [6.07, 6.45) is 1.48. The van der Waals surface area contributed by atoms with Gasteiger partial charge in [0.05, 0.1) is 24.4 Å². The summed E-state index contributed by atoms with van der Waals surface area (Å²) >= 11 is 0. The van der Waals surface area contributed by atoms with Crippen molar-refractivity contribution in [2.24, 2.45) is 11.8 Å². The van der Waals surface area contributed by atoms with Crippen molar-refractivity contribution < 1.29 is 19.1 Å². The number of ketones is 1. The molecule has 2 unspecified atom stereocenters. The number of esters is 1. The summed E-state index contributed by atoms with van der Waals surface area (Å²) in [7, 11) is 1.33. The minimum absolute atomic E-state index is 0.00449. The first-order valence-electron chi connectivity index (χ1n) is 10.4. The molecule has 0 saturated carbocycles. The van der Waals surface area contributed by atoms with Gasteiger partial charge in [-0.15, -0.1) is 0 Å². The first-order valence-corrected chi connectivity index (χ1v) is 10.4. The average Bonchev–Trinajstić information content (AvgIpc) is 3.00. The first kappa shape index (κ1) is 23.1. The molecule has 0 aromatic carbocycles. The van der Waals surface area contributed by atoms with Crippen LogP contribution in [0.2, 0.25) is 0 Å². The Labute approximate surface area is 173 Å². The molecule has 7 heteroatoms. The van der Waals surface area contributed by atoms with E-state index in [1.165, 1.54) is 7.11 Å². The van der Waals surface area contributed by atoms with E-state index in [0.29, 0.717) is 41.5 Å². The van der Waals surface area contributed by atoms with E-state index in [1.54, 1.807) is 13.8 Å². The van der Waals surface area contributed by atoms with E-state index in [9.17, 15) is 14.4 Å². The van der Waals surface area contributed by atoms with Crippen LogP contribution < -0.4 is 5.32 Å². The van der Waals surface area contributed by atoms with Gasteiger partial charge in [-0.25, -0.2) is 4.79 Å². The van der Waals surface area contributed by atoms with Gasteiger partial charge in [-0.1, -0.05) is 13.8 Å². The molecule has 2 rings (SSSR count). The molecule has 2 atom stereocenters. The van der Waals surface area contributed by atoms with Gasteiger partial charge in [-0.05, 0) is 65.1 Å². The summed E-state index contributed by atoms with van der Waals surface area (Å²) in [4.78, 5) is 42.7. The summed E-state index contributed by atoms with van der Waals surface area (Å²) in [6, 6.07) is -0.167. The summed E-state index contributed by atoms with van der Waals surface area (Å²) in [5, 5.41) is 3.10. The number of H-pyrrole nitrogens is 1. The number of rotatable bonds is 7. The van der Waals surface area contributed by atoms with Gasteiger partial charge >= 0.3 is 5.97 Å². The molecule has 2 N–H and O–H groups in total. The van der Waals surface area contributed by atoms with Gasteiger partial charge in [0.2, 0.25) is 5.91 Å². The number of nitrogens with zero attached hydrogens (tertiary/aromatic N) is 1. The van der Waals surface area contributed by atoms with Crippen LogP contribution >= 0.6 is 0 Å². The number of nitrogens with one attached hydrogen (secondary N) is 2. The summed E-state index contributed by atoms with van der Waals surface area (Å²) in [6.45, 7) is 13.0. The molecule has 1 aliphatic heterocycles. The number of aromatic amines is 1. The number of aryl methyl sites for hydroxylation is 1. The topological polar surface area (TPSA) is 91.5 Å². The van der Waals surface area contributed by atoms with Gasteiger partial charge in [-0.2, -0.15) is 0 Å². The highest BCUT2D eigenvalue weighted by Crippen LogP contribution is 2.24. The number of hydrogen-bond acceptors (Lipinski definition) is 5. The maximum atomic E-state index is 13.1. The van der Waals surface area contributed by atoms with E-state index < -0.39 is 5.97 Å². The number of hydrogen-bond donors (Lipinski definition) is 2. The van der Waals surface area contributed by atoms with E-state index >= 15 is 0 Å². The van der Waals surface area contributed by atoms with Gasteiger partial charge in [0.25, 0.3) is 0 Å². The summed E-state index contributed by atoms with van der Waals surface area (Å²) in [5.74, 6) is 0.0279. The molecule has 0 spiro atoms. The van der Waals surface area contributed by atoms with Crippen molar-refractivity contribution in [1.29, 1.82) is 0 Å². The molecule has 162 valence electrons. The lowest BCUT2D eigenvalue weighted by Crippen LogP contribution is -2.48. The molecule has 7 nitrogen and oxygen atoms in total. The molecule has 1 saturated heterocycles. The molecule has 0 radical (unpaired) electrons. The number of piperidine rings is 1. The fraction of sp³-hybridized carbons (Fsp3) is 0.682. The van der Waals surface area contributed by atoms with E-state index in [2.05, 4.69) is 29.0 Å². The van der Waals surface area contributed by atoms with Crippen LogP contribution in [0.5, 0.6) is 0 Å². The summed E-state index contributed by atoms with van der Waals surface area (Å²) in [5.41, 5.74) is 2.15. The van der Waals surface area contributed by atoms with Crippen LogP contribution in [0.15, 0.2) is 0 Å². The Morgan fingerprint density at radius 3 is 2.21 bits per heavy atom. The fourth-order valence-corrected chi connectivity index (χ4v) is 3.84. The van der Waals surface area contributed by atoms with Gasteiger partial charge in [0.15, 0.2) is 5.78 Å². The Bertz CT molecular complexity index is 760. The normalized spacial score (nSPS) is 17.8. The largest absolute Gasteiger partial charge is 0.465 e. The van der Waals surface area contributed by atoms with Crippen LogP contribution in [0.3, 0.4) is 0 Å². The molecular weight excluding hydrogens is 370 g/mol. The van der Waals surface area contributed by atoms with Crippen LogP contribution in [0, 0.1) is 25.7 Å². The number of amides is 1. The highest BCUT2D eigenvalue weighted by molar-refractivity contribution is 6.03. The number of methoxy groups -OCH3 is 1. The monoisotopic (exact) mass is 405 g/mol. The van der Waals surface area contributed by atoms with Crippen molar-refractivity contribution in [3.63, 3.8) is 0 Å². The van der Waals surface area contributed by atoms with E-state index in [4.69, 9.17) is 4.74 Å². The standard InChI is InChI=1S/C22H35N3O4/c1-12(2)14(4)24-21(27)17-8-10-25(11-9-17)16(6)20(26)19-13(3)18(15(5)23-19)22(28)29-7/h12,14,16-17,23H,8-11H2,1-7H3,(H,24,27). The van der Waals surface area contributed by atoms with E-state index in [1.807, 2.05) is 13.8 Å². The zero-order chi connectivity index (χ0) is 21.9. The zero-order valence-corrected chi connectivity index (χ0v) is 18.7. The molecule has 2 heterocycles. The third kappa shape index (κ3) is 5.07. The third-order valence-corrected chi connectivity index (χ3v) is 6.27. The Morgan fingerprint density at radius 2 is 1.69 bits per heavy atom. The smallest absolute Gasteiger partial charge is 0.339 e. The second-order valence-electron chi connectivity index (χ2n) is 8.51. The number of aromatic nitrogens is 1. The highest BCUT2D eigenvalue weighted by atomic mass is 16.5. The van der Waals surface area contributed by atoms with Gasteiger partial charge in [-0.3, -0.25) is 14.5 Å². The molecular formula is C22H35N3O4. The quantitative estimate of drug-likeness (QED) is 0.538. The number of carbonyl (C=O) groups excluding carboxylic acids is 3. The Hall–Kier alpha value is -2.15. The van der Waals surface area contributed by atoms with Crippen molar-refractivity contribution in [3.8, 4) is 0 Å². The molecule has 0 bridgehead atoms. The van der Waals surface area contributed by atoms with Gasteiger partial charge in [0.1, 0.15) is 0 Å². The Balaban J connectivity index is 2.01. The highest BCUT2D eigenvalue weighted by Gasteiger charge is 2.32. The van der Waals surface area contributed by atoms with Crippen molar-refractivity contribution >= 4 is 17.7 Å². The Morgan fingerprint density at radius 1 is 1.10 bits per heavy atom.